The highest BCUT2D eigenvalue weighted by atomic mass is 16.5. The molecule has 0 spiro atoms. The van der Waals surface area contributed by atoms with E-state index in [2.05, 4.69) is 41.5 Å². The van der Waals surface area contributed by atoms with Crippen LogP contribution in [0.15, 0.2) is 42.6 Å². The van der Waals surface area contributed by atoms with Gasteiger partial charge in [0.25, 0.3) is 0 Å². The first-order chi connectivity index (χ1) is 8.79. The summed E-state index contributed by atoms with van der Waals surface area (Å²) < 4.78 is 5.24. The number of hydrogen-bond acceptors (Lipinski definition) is 3. The Morgan fingerprint density at radius 1 is 1.22 bits per heavy atom. The molecule has 0 aliphatic rings. The molecule has 0 bridgehead atoms. The van der Waals surface area contributed by atoms with Gasteiger partial charge in [0, 0.05) is 12.7 Å². The predicted octanol–water partition coefficient (Wildman–Crippen LogP) is 3.05. The molecule has 1 aromatic carbocycles. The molecule has 0 aliphatic heterocycles. The number of pyridine rings is 1. The lowest BCUT2D eigenvalue weighted by atomic mass is 10.1. The van der Waals surface area contributed by atoms with E-state index in [1.165, 1.54) is 11.1 Å². The maximum absolute atomic E-state index is 5.24. The van der Waals surface area contributed by atoms with Gasteiger partial charge < -0.3 is 10.1 Å². The largest absolute Gasteiger partial charge is 0.493 e. The van der Waals surface area contributed by atoms with Gasteiger partial charge in [0.2, 0.25) is 0 Å². The third kappa shape index (κ3) is 3.23. The molecule has 0 saturated carbocycles. The second-order valence-electron chi connectivity index (χ2n) is 4.22. The third-order valence-electron chi connectivity index (χ3n) is 2.78. The van der Waals surface area contributed by atoms with Crippen LogP contribution in [0.2, 0.25) is 0 Å². The molecule has 1 N–H and O–H groups in total. The average Bonchev–Trinajstić information content (AvgIpc) is 2.39. The van der Waals surface area contributed by atoms with Gasteiger partial charge in [0.1, 0.15) is 0 Å². The van der Waals surface area contributed by atoms with Gasteiger partial charge in [-0.2, -0.15) is 0 Å². The molecule has 0 fully saturated rings. The van der Waals surface area contributed by atoms with Crippen molar-refractivity contribution in [2.24, 2.45) is 0 Å². The summed E-state index contributed by atoms with van der Waals surface area (Å²) in [6.07, 6.45) is 2.74. The summed E-state index contributed by atoms with van der Waals surface area (Å²) in [6.45, 7) is 2.95. The molecule has 94 valence electrons. The third-order valence-corrected chi connectivity index (χ3v) is 2.78. The van der Waals surface area contributed by atoms with Gasteiger partial charge in [-0.1, -0.05) is 29.8 Å². The van der Waals surface area contributed by atoms with E-state index in [4.69, 9.17) is 4.74 Å². The number of hydrogen-bond donors (Lipinski definition) is 1. The molecule has 0 saturated heterocycles. The molecule has 1 aromatic heterocycles. The van der Waals surface area contributed by atoms with Gasteiger partial charge in [0.15, 0.2) is 11.6 Å². The van der Waals surface area contributed by atoms with Crippen LogP contribution in [0, 0.1) is 6.92 Å². The number of nitrogens with one attached hydrogen (secondary N) is 1. The zero-order valence-corrected chi connectivity index (χ0v) is 10.8. The highest BCUT2D eigenvalue weighted by Crippen LogP contribution is 2.19. The van der Waals surface area contributed by atoms with E-state index in [9.17, 15) is 0 Å². The van der Waals surface area contributed by atoms with E-state index < -0.39 is 0 Å². The van der Waals surface area contributed by atoms with E-state index in [1.54, 1.807) is 13.3 Å². The van der Waals surface area contributed by atoms with Crippen LogP contribution in [-0.2, 0) is 6.42 Å². The summed E-state index contributed by atoms with van der Waals surface area (Å²) in [7, 11) is 1.66. The Kier molecular flexibility index (Phi) is 4.18. The monoisotopic (exact) mass is 242 g/mol. The molecule has 18 heavy (non-hydrogen) atoms. The topological polar surface area (TPSA) is 34.1 Å². The number of benzene rings is 1. The van der Waals surface area contributed by atoms with Crippen molar-refractivity contribution in [1.29, 1.82) is 0 Å². The number of rotatable bonds is 5. The first kappa shape index (κ1) is 12.4. The van der Waals surface area contributed by atoms with E-state index >= 15 is 0 Å². The van der Waals surface area contributed by atoms with Crippen molar-refractivity contribution in [2.75, 3.05) is 19.0 Å². The van der Waals surface area contributed by atoms with Crippen LogP contribution in [0.3, 0.4) is 0 Å². The van der Waals surface area contributed by atoms with E-state index in [-0.39, 0.29) is 0 Å². The minimum absolute atomic E-state index is 0.779. The molecule has 3 nitrogen and oxygen atoms in total. The molecular formula is C15H18N2O. The fraction of sp³-hybridized carbons (Fsp3) is 0.267. The highest BCUT2D eigenvalue weighted by molar-refractivity contribution is 5.49. The SMILES string of the molecule is COc1cccnc1NCCc1cccc(C)c1. The highest BCUT2D eigenvalue weighted by Gasteiger charge is 2.01. The van der Waals surface area contributed by atoms with Crippen molar-refractivity contribution < 1.29 is 4.74 Å². The van der Waals surface area contributed by atoms with Crippen LogP contribution in [0.25, 0.3) is 0 Å². The molecule has 1 heterocycles. The molecule has 2 rings (SSSR count). The quantitative estimate of drug-likeness (QED) is 0.875. The summed E-state index contributed by atoms with van der Waals surface area (Å²) in [4.78, 5) is 4.26. The lowest BCUT2D eigenvalue weighted by Crippen LogP contribution is -2.07. The average molecular weight is 242 g/mol. The molecule has 0 radical (unpaired) electrons. The normalized spacial score (nSPS) is 10.1. The van der Waals surface area contributed by atoms with Crippen LogP contribution in [-0.4, -0.2) is 18.6 Å². The number of methoxy groups -OCH3 is 1. The fourth-order valence-corrected chi connectivity index (χ4v) is 1.88. The van der Waals surface area contributed by atoms with Gasteiger partial charge in [-0.3, -0.25) is 0 Å². The predicted molar refractivity (Wildman–Crippen MR) is 74.2 cm³/mol. The Morgan fingerprint density at radius 3 is 2.89 bits per heavy atom. The fourth-order valence-electron chi connectivity index (χ4n) is 1.88. The van der Waals surface area contributed by atoms with Crippen molar-refractivity contribution in [3.05, 3.63) is 53.7 Å². The number of aryl methyl sites for hydroxylation is 1. The van der Waals surface area contributed by atoms with Gasteiger partial charge >= 0.3 is 0 Å². The van der Waals surface area contributed by atoms with Gasteiger partial charge in [-0.25, -0.2) is 4.98 Å². The molecule has 0 aliphatic carbocycles. The maximum atomic E-state index is 5.24. The molecule has 0 unspecified atom stereocenters. The minimum Gasteiger partial charge on any atom is -0.493 e. The zero-order chi connectivity index (χ0) is 12.8. The van der Waals surface area contributed by atoms with Crippen molar-refractivity contribution in [2.45, 2.75) is 13.3 Å². The van der Waals surface area contributed by atoms with Crippen LogP contribution >= 0.6 is 0 Å². The van der Waals surface area contributed by atoms with Crippen LogP contribution < -0.4 is 10.1 Å². The van der Waals surface area contributed by atoms with Crippen molar-refractivity contribution in [3.8, 4) is 5.75 Å². The summed E-state index contributed by atoms with van der Waals surface area (Å²) in [5, 5.41) is 3.30. The number of nitrogens with zero attached hydrogens (tertiary/aromatic N) is 1. The van der Waals surface area contributed by atoms with Crippen LogP contribution in [0.4, 0.5) is 5.82 Å². The van der Waals surface area contributed by atoms with Crippen molar-refractivity contribution in [3.63, 3.8) is 0 Å². The molecule has 0 atom stereocenters. The standard InChI is InChI=1S/C15H18N2O/c1-12-5-3-6-13(11-12)8-10-17-15-14(18-2)7-4-9-16-15/h3-7,9,11H,8,10H2,1-2H3,(H,16,17). The number of anilines is 1. The smallest absolute Gasteiger partial charge is 0.168 e. The lowest BCUT2D eigenvalue weighted by Gasteiger charge is -2.09. The molecule has 0 amide bonds. The van der Waals surface area contributed by atoms with Gasteiger partial charge in [-0.15, -0.1) is 0 Å². The Bertz CT molecular complexity index is 511. The second-order valence-corrected chi connectivity index (χ2v) is 4.22. The minimum atomic E-state index is 0.779. The summed E-state index contributed by atoms with van der Waals surface area (Å²) in [5.74, 6) is 1.58. The van der Waals surface area contributed by atoms with Crippen LogP contribution in [0.5, 0.6) is 5.75 Å². The number of ether oxygens (including phenoxy) is 1. The summed E-state index contributed by atoms with van der Waals surface area (Å²) >= 11 is 0. The second kappa shape index (κ2) is 6.05. The van der Waals surface area contributed by atoms with Gasteiger partial charge in [-0.05, 0) is 31.0 Å². The van der Waals surface area contributed by atoms with E-state index in [0.717, 1.165) is 24.5 Å². The first-order valence-corrected chi connectivity index (χ1v) is 6.08. The van der Waals surface area contributed by atoms with Crippen molar-refractivity contribution in [1.82, 2.24) is 4.98 Å². The Hall–Kier alpha value is -2.03. The van der Waals surface area contributed by atoms with E-state index in [0.29, 0.717) is 0 Å². The summed E-state index contributed by atoms with van der Waals surface area (Å²) in [6, 6.07) is 12.3. The first-order valence-electron chi connectivity index (χ1n) is 6.08. The Balaban J connectivity index is 1.92. The van der Waals surface area contributed by atoms with E-state index in [1.807, 2.05) is 12.1 Å². The molecule has 2 aromatic rings. The molecular weight excluding hydrogens is 224 g/mol. The number of aromatic nitrogens is 1. The lowest BCUT2D eigenvalue weighted by molar-refractivity contribution is 0.415. The molecule has 3 heteroatoms. The summed E-state index contributed by atoms with van der Waals surface area (Å²) in [5.41, 5.74) is 2.63. The van der Waals surface area contributed by atoms with Crippen molar-refractivity contribution >= 4 is 5.82 Å². The Morgan fingerprint density at radius 2 is 2.11 bits per heavy atom. The van der Waals surface area contributed by atoms with Crippen LogP contribution in [0.1, 0.15) is 11.1 Å². The maximum Gasteiger partial charge on any atom is 0.168 e. The zero-order valence-electron chi connectivity index (χ0n) is 10.8. The van der Waals surface area contributed by atoms with Gasteiger partial charge in [0.05, 0.1) is 7.11 Å². The Labute approximate surface area is 108 Å².